The van der Waals surface area contributed by atoms with Crippen molar-refractivity contribution in [2.75, 3.05) is 13.1 Å². The number of nitrogens with one attached hydrogen (secondary N) is 1. The van der Waals surface area contributed by atoms with Gasteiger partial charge in [-0.05, 0) is 45.2 Å². The highest BCUT2D eigenvalue weighted by atomic mass is 15.2. The van der Waals surface area contributed by atoms with E-state index in [0.29, 0.717) is 0 Å². The molecule has 2 fully saturated rings. The van der Waals surface area contributed by atoms with E-state index >= 15 is 0 Å². The van der Waals surface area contributed by atoms with Crippen LogP contribution in [0.25, 0.3) is 0 Å². The minimum Gasteiger partial charge on any atom is -0.312 e. The van der Waals surface area contributed by atoms with Gasteiger partial charge < -0.3 is 5.32 Å². The van der Waals surface area contributed by atoms with Gasteiger partial charge in [0, 0.05) is 18.1 Å². The van der Waals surface area contributed by atoms with Crippen LogP contribution in [-0.4, -0.2) is 36.1 Å². The molecule has 2 saturated carbocycles. The molecular weight excluding hydrogens is 220 g/mol. The standard InChI is InChI=1S/C16H32N2/c1-3-13-17-15-11-8-12-16(15)18(4-2)14-9-6-5-7-10-14/h14-17H,3-13H2,1-2H3. The van der Waals surface area contributed by atoms with Gasteiger partial charge >= 0.3 is 0 Å². The quantitative estimate of drug-likeness (QED) is 0.777. The third-order valence-electron chi connectivity index (χ3n) is 4.97. The smallest absolute Gasteiger partial charge is 0.0252 e. The van der Waals surface area contributed by atoms with Crippen LogP contribution < -0.4 is 5.32 Å². The lowest BCUT2D eigenvalue weighted by molar-refractivity contribution is 0.0971. The maximum atomic E-state index is 3.79. The van der Waals surface area contributed by atoms with Crippen molar-refractivity contribution in [2.45, 2.75) is 89.8 Å². The molecule has 0 aromatic carbocycles. The summed E-state index contributed by atoms with van der Waals surface area (Å²) in [6.45, 7) is 7.09. The molecule has 0 aromatic rings. The third kappa shape index (κ3) is 3.48. The number of likely N-dealkylation sites (N-methyl/N-ethyl adjacent to an activating group) is 1. The van der Waals surface area contributed by atoms with E-state index in [-0.39, 0.29) is 0 Å². The number of rotatable bonds is 6. The summed E-state index contributed by atoms with van der Waals surface area (Å²) in [6, 6.07) is 2.48. The minimum absolute atomic E-state index is 0.770. The van der Waals surface area contributed by atoms with Gasteiger partial charge in [0.15, 0.2) is 0 Å². The molecule has 2 aliphatic rings. The lowest BCUT2D eigenvalue weighted by atomic mass is 9.92. The molecule has 106 valence electrons. The maximum absolute atomic E-state index is 3.79. The van der Waals surface area contributed by atoms with Gasteiger partial charge in [-0.3, -0.25) is 4.90 Å². The molecule has 2 aliphatic carbocycles. The van der Waals surface area contributed by atoms with Crippen molar-refractivity contribution in [3.05, 3.63) is 0 Å². The summed E-state index contributed by atoms with van der Waals surface area (Å²) in [4.78, 5) is 2.85. The molecule has 0 radical (unpaired) electrons. The zero-order chi connectivity index (χ0) is 12.8. The molecule has 18 heavy (non-hydrogen) atoms. The summed E-state index contributed by atoms with van der Waals surface area (Å²) in [5.74, 6) is 0. The third-order valence-corrected chi connectivity index (χ3v) is 4.97. The van der Waals surface area contributed by atoms with Gasteiger partial charge in [0.05, 0.1) is 0 Å². The fourth-order valence-corrected chi connectivity index (χ4v) is 4.08. The van der Waals surface area contributed by atoms with Crippen LogP contribution in [-0.2, 0) is 0 Å². The second-order valence-electron chi connectivity index (χ2n) is 6.18. The fraction of sp³-hybridized carbons (Fsp3) is 1.00. The Bertz CT molecular complexity index is 223. The lowest BCUT2D eigenvalue weighted by Crippen LogP contribution is -2.51. The van der Waals surface area contributed by atoms with E-state index in [1.807, 2.05) is 0 Å². The highest BCUT2D eigenvalue weighted by Gasteiger charge is 2.34. The highest BCUT2D eigenvalue weighted by Crippen LogP contribution is 2.30. The van der Waals surface area contributed by atoms with Gasteiger partial charge in [-0.15, -0.1) is 0 Å². The van der Waals surface area contributed by atoms with Crippen LogP contribution in [0.2, 0.25) is 0 Å². The average Bonchev–Trinajstić information content (AvgIpc) is 2.87. The first-order chi connectivity index (χ1) is 8.86. The molecule has 1 N–H and O–H groups in total. The Labute approximate surface area is 114 Å². The molecule has 0 amide bonds. The van der Waals surface area contributed by atoms with E-state index in [2.05, 4.69) is 24.1 Å². The van der Waals surface area contributed by atoms with E-state index in [9.17, 15) is 0 Å². The van der Waals surface area contributed by atoms with Crippen molar-refractivity contribution in [3.8, 4) is 0 Å². The largest absolute Gasteiger partial charge is 0.312 e. The van der Waals surface area contributed by atoms with Crippen LogP contribution in [0.15, 0.2) is 0 Å². The van der Waals surface area contributed by atoms with Crippen LogP contribution >= 0.6 is 0 Å². The Kier molecular flexibility index (Phi) is 5.97. The van der Waals surface area contributed by atoms with Gasteiger partial charge in [-0.1, -0.05) is 39.5 Å². The molecule has 0 heterocycles. The second kappa shape index (κ2) is 7.49. The van der Waals surface area contributed by atoms with Crippen molar-refractivity contribution in [3.63, 3.8) is 0 Å². The van der Waals surface area contributed by atoms with Crippen molar-refractivity contribution < 1.29 is 0 Å². The van der Waals surface area contributed by atoms with E-state index < -0.39 is 0 Å². The topological polar surface area (TPSA) is 15.3 Å². The predicted octanol–water partition coefficient (Wildman–Crippen LogP) is 3.56. The molecule has 0 spiro atoms. The molecular formula is C16H32N2. The minimum atomic E-state index is 0.770. The summed E-state index contributed by atoms with van der Waals surface area (Å²) in [5.41, 5.74) is 0. The molecule has 0 aromatic heterocycles. The summed E-state index contributed by atoms with van der Waals surface area (Å²) in [5, 5.41) is 3.79. The first-order valence-electron chi connectivity index (χ1n) is 8.36. The predicted molar refractivity (Wildman–Crippen MR) is 79.0 cm³/mol. The molecule has 2 unspecified atom stereocenters. The number of nitrogens with zero attached hydrogens (tertiary/aromatic N) is 1. The molecule has 0 bridgehead atoms. The molecule has 2 rings (SSSR count). The number of hydrogen-bond donors (Lipinski definition) is 1. The number of hydrogen-bond acceptors (Lipinski definition) is 2. The zero-order valence-electron chi connectivity index (χ0n) is 12.5. The van der Waals surface area contributed by atoms with Crippen molar-refractivity contribution in [2.24, 2.45) is 0 Å². The summed E-state index contributed by atoms with van der Waals surface area (Å²) in [6.07, 6.45) is 12.8. The summed E-state index contributed by atoms with van der Waals surface area (Å²) >= 11 is 0. The van der Waals surface area contributed by atoms with E-state index in [0.717, 1.165) is 18.1 Å². The van der Waals surface area contributed by atoms with Crippen LogP contribution in [0.1, 0.15) is 71.6 Å². The average molecular weight is 252 g/mol. The van der Waals surface area contributed by atoms with E-state index in [1.54, 1.807) is 0 Å². The Morgan fingerprint density at radius 3 is 2.39 bits per heavy atom. The van der Waals surface area contributed by atoms with E-state index in [4.69, 9.17) is 0 Å². The van der Waals surface area contributed by atoms with Crippen molar-refractivity contribution >= 4 is 0 Å². The maximum Gasteiger partial charge on any atom is 0.0252 e. The lowest BCUT2D eigenvalue weighted by Gasteiger charge is -2.40. The Hall–Kier alpha value is -0.0800. The molecule has 2 nitrogen and oxygen atoms in total. The van der Waals surface area contributed by atoms with Crippen LogP contribution in [0.3, 0.4) is 0 Å². The van der Waals surface area contributed by atoms with Crippen LogP contribution in [0.4, 0.5) is 0 Å². The first-order valence-corrected chi connectivity index (χ1v) is 8.36. The second-order valence-corrected chi connectivity index (χ2v) is 6.18. The van der Waals surface area contributed by atoms with Gasteiger partial charge in [0.25, 0.3) is 0 Å². The van der Waals surface area contributed by atoms with E-state index in [1.165, 1.54) is 70.9 Å². The molecule has 2 heteroatoms. The Balaban J connectivity index is 1.92. The van der Waals surface area contributed by atoms with Crippen LogP contribution in [0, 0.1) is 0 Å². The van der Waals surface area contributed by atoms with Crippen LogP contribution in [0.5, 0.6) is 0 Å². The molecule has 2 atom stereocenters. The normalized spacial score (nSPS) is 30.2. The fourth-order valence-electron chi connectivity index (χ4n) is 4.08. The first kappa shape index (κ1) is 14.3. The SMILES string of the molecule is CCCNC1CCCC1N(CC)C1CCCCC1. The summed E-state index contributed by atoms with van der Waals surface area (Å²) in [7, 11) is 0. The Morgan fingerprint density at radius 2 is 1.72 bits per heavy atom. The summed E-state index contributed by atoms with van der Waals surface area (Å²) < 4.78 is 0. The molecule has 0 saturated heterocycles. The zero-order valence-corrected chi connectivity index (χ0v) is 12.5. The molecule has 0 aliphatic heterocycles. The van der Waals surface area contributed by atoms with Gasteiger partial charge in [0.1, 0.15) is 0 Å². The van der Waals surface area contributed by atoms with Gasteiger partial charge in [-0.2, -0.15) is 0 Å². The Morgan fingerprint density at radius 1 is 0.944 bits per heavy atom. The van der Waals surface area contributed by atoms with Gasteiger partial charge in [-0.25, -0.2) is 0 Å². The monoisotopic (exact) mass is 252 g/mol. The van der Waals surface area contributed by atoms with Crippen molar-refractivity contribution in [1.82, 2.24) is 10.2 Å². The highest BCUT2D eigenvalue weighted by molar-refractivity contribution is 4.93. The van der Waals surface area contributed by atoms with Gasteiger partial charge in [0.2, 0.25) is 0 Å². The van der Waals surface area contributed by atoms with Crippen molar-refractivity contribution in [1.29, 1.82) is 0 Å².